The molecule has 0 aromatic rings. The molecule has 2 saturated heterocycles. The summed E-state index contributed by atoms with van der Waals surface area (Å²) in [4.78, 5) is 29.3. The van der Waals surface area contributed by atoms with Crippen molar-refractivity contribution in [1.82, 2.24) is 15.1 Å². The number of piperidine rings is 2. The summed E-state index contributed by atoms with van der Waals surface area (Å²) in [6.45, 7) is 8.40. The zero-order chi connectivity index (χ0) is 17.8. The lowest BCUT2D eigenvalue weighted by Gasteiger charge is -2.38. The molecule has 1 N–H and O–H groups in total. The first-order valence-corrected chi connectivity index (χ1v) is 10.4. The van der Waals surface area contributed by atoms with Crippen molar-refractivity contribution in [3.05, 3.63) is 0 Å². The minimum Gasteiger partial charge on any atom is -0.342 e. The maximum atomic E-state index is 12.9. The molecule has 0 aromatic carbocycles. The summed E-state index contributed by atoms with van der Waals surface area (Å²) < 4.78 is 0. The summed E-state index contributed by atoms with van der Waals surface area (Å²) in [5.41, 5.74) is 0. The predicted molar refractivity (Wildman–Crippen MR) is 106 cm³/mol. The maximum Gasteiger partial charge on any atom is 0.227 e. The summed E-state index contributed by atoms with van der Waals surface area (Å²) in [5.74, 6) is 1.50. The van der Waals surface area contributed by atoms with E-state index in [-0.39, 0.29) is 36.1 Å². The summed E-state index contributed by atoms with van der Waals surface area (Å²) in [6.07, 6.45) is 7.67. The van der Waals surface area contributed by atoms with E-state index in [2.05, 4.69) is 17.1 Å². The molecule has 150 valence electrons. The summed E-state index contributed by atoms with van der Waals surface area (Å²) in [6, 6.07) is 0.583. The Morgan fingerprint density at radius 1 is 1.04 bits per heavy atom. The van der Waals surface area contributed by atoms with E-state index in [1.165, 1.54) is 12.8 Å². The fourth-order valence-corrected chi connectivity index (χ4v) is 4.08. The Labute approximate surface area is 164 Å². The van der Waals surface area contributed by atoms with E-state index in [0.29, 0.717) is 12.6 Å². The van der Waals surface area contributed by atoms with Crippen LogP contribution >= 0.6 is 12.4 Å². The third kappa shape index (κ3) is 5.59. The minimum atomic E-state index is 0. The second kappa shape index (κ2) is 9.93. The van der Waals surface area contributed by atoms with Crippen molar-refractivity contribution in [1.29, 1.82) is 0 Å². The van der Waals surface area contributed by atoms with Gasteiger partial charge in [0.15, 0.2) is 0 Å². The van der Waals surface area contributed by atoms with E-state index >= 15 is 0 Å². The van der Waals surface area contributed by atoms with Crippen LogP contribution in [0.2, 0.25) is 0 Å². The number of hydrogen-bond donors (Lipinski definition) is 1. The molecule has 3 fully saturated rings. The molecular weight excluding hydrogens is 350 g/mol. The highest BCUT2D eigenvalue weighted by Gasteiger charge is 2.34. The highest BCUT2D eigenvalue weighted by Crippen LogP contribution is 2.28. The van der Waals surface area contributed by atoms with Crippen LogP contribution in [-0.4, -0.2) is 60.4 Å². The lowest BCUT2D eigenvalue weighted by atomic mass is 9.93. The Morgan fingerprint density at radius 3 is 2.35 bits per heavy atom. The highest BCUT2D eigenvalue weighted by molar-refractivity contribution is 5.85. The molecule has 2 unspecified atom stereocenters. The van der Waals surface area contributed by atoms with Gasteiger partial charge >= 0.3 is 0 Å². The van der Waals surface area contributed by atoms with E-state index in [4.69, 9.17) is 0 Å². The van der Waals surface area contributed by atoms with Gasteiger partial charge in [-0.3, -0.25) is 9.59 Å². The van der Waals surface area contributed by atoms with Gasteiger partial charge in [-0.1, -0.05) is 13.8 Å². The van der Waals surface area contributed by atoms with E-state index in [0.717, 1.165) is 64.2 Å². The lowest BCUT2D eigenvalue weighted by molar-refractivity contribution is -0.143. The molecule has 1 saturated carbocycles. The van der Waals surface area contributed by atoms with Crippen molar-refractivity contribution in [3.63, 3.8) is 0 Å². The lowest BCUT2D eigenvalue weighted by Crippen LogP contribution is -2.51. The van der Waals surface area contributed by atoms with Crippen LogP contribution in [0.3, 0.4) is 0 Å². The SMILES string of the molecule is CCC(C)C(=O)N1CCCC(C(=O)N2CCC(NCC3CC3)CC2)C1.Cl. The molecule has 0 bridgehead atoms. The highest BCUT2D eigenvalue weighted by atomic mass is 35.5. The largest absolute Gasteiger partial charge is 0.342 e. The molecule has 0 spiro atoms. The van der Waals surface area contributed by atoms with E-state index in [9.17, 15) is 9.59 Å². The number of nitrogens with one attached hydrogen (secondary N) is 1. The van der Waals surface area contributed by atoms with Crippen LogP contribution in [-0.2, 0) is 9.59 Å². The van der Waals surface area contributed by atoms with Gasteiger partial charge in [0.25, 0.3) is 0 Å². The smallest absolute Gasteiger partial charge is 0.227 e. The quantitative estimate of drug-likeness (QED) is 0.764. The Morgan fingerprint density at radius 2 is 1.73 bits per heavy atom. The molecule has 2 atom stereocenters. The molecule has 1 aliphatic carbocycles. The number of carbonyl (C=O) groups excluding carboxylic acids is 2. The van der Waals surface area contributed by atoms with Crippen LogP contribution < -0.4 is 5.32 Å². The Kier molecular flexibility index (Phi) is 8.21. The number of hydrogen-bond acceptors (Lipinski definition) is 3. The van der Waals surface area contributed by atoms with Crippen LogP contribution in [0.4, 0.5) is 0 Å². The van der Waals surface area contributed by atoms with Gasteiger partial charge in [-0.25, -0.2) is 0 Å². The van der Waals surface area contributed by atoms with Crippen LogP contribution in [0.1, 0.15) is 58.8 Å². The fraction of sp³-hybridized carbons (Fsp3) is 0.900. The van der Waals surface area contributed by atoms with Gasteiger partial charge in [0.1, 0.15) is 0 Å². The van der Waals surface area contributed by atoms with Gasteiger partial charge < -0.3 is 15.1 Å². The molecule has 3 rings (SSSR count). The fourth-order valence-electron chi connectivity index (χ4n) is 4.08. The van der Waals surface area contributed by atoms with Gasteiger partial charge in [-0.15, -0.1) is 12.4 Å². The third-order valence-electron chi connectivity index (χ3n) is 6.32. The van der Waals surface area contributed by atoms with Crippen molar-refractivity contribution in [2.45, 2.75) is 64.8 Å². The molecule has 0 radical (unpaired) electrons. The molecule has 5 nitrogen and oxygen atoms in total. The van der Waals surface area contributed by atoms with E-state index in [1.807, 2.05) is 11.8 Å². The predicted octanol–water partition coefficient (Wildman–Crippen LogP) is 2.68. The van der Waals surface area contributed by atoms with Crippen molar-refractivity contribution >= 4 is 24.2 Å². The van der Waals surface area contributed by atoms with Gasteiger partial charge in [-0.05, 0) is 57.4 Å². The Bertz CT molecular complexity index is 476. The zero-order valence-electron chi connectivity index (χ0n) is 16.4. The molecular formula is C20H36ClN3O2. The first-order chi connectivity index (χ1) is 12.1. The van der Waals surface area contributed by atoms with Gasteiger partial charge in [-0.2, -0.15) is 0 Å². The number of amides is 2. The monoisotopic (exact) mass is 385 g/mol. The molecule has 0 aromatic heterocycles. The first kappa shape index (κ1) is 21.5. The molecule has 2 aliphatic heterocycles. The van der Waals surface area contributed by atoms with Gasteiger partial charge in [0.05, 0.1) is 5.92 Å². The normalized spacial score (nSPS) is 25.5. The molecule has 3 aliphatic rings. The zero-order valence-corrected chi connectivity index (χ0v) is 17.2. The Balaban J connectivity index is 0.00000243. The van der Waals surface area contributed by atoms with Gasteiger partial charge in [0, 0.05) is 38.1 Å². The number of carbonyl (C=O) groups is 2. The maximum absolute atomic E-state index is 12.9. The second-order valence-corrected chi connectivity index (χ2v) is 8.38. The number of rotatable bonds is 6. The summed E-state index contributed by atoms with van der Waals surface area (Å²) in [7, 11) is 0. The third-order valence-corrected chi connectivity index (χ3v) is 6.32. The Hall–Kier alpha value is -0.810. The summed E-state index contributed by atoms with van der Waals surface area (Å²) in [5, 5.41) is 3.67. The standard InChI is InChI=1S/C20H35N3O2.ClH/c1-3-15(2)19(24)23-10-4-5-17(14-23)20(25)22-11-8-18(9-12-22)21-13-16-6-7-16;/h15-18,21H,3-14H2,1-2H3;1H. The number of nitrogens with zero attached hydrogens (tertiary/aromatic N) is 2. The second-order valence-electron chi connectivity index (χ2n) is 8.38. The number of likely N-dealkylation sites (tertiary alicyclic amines) is 2. The minimum absolute atomic E-state index is 0. The van der Waals surface area contributed by atoms with Crippen LogP contribution in [0.15, 0.2) is 0 Å². The average molecular weight is 386 g/mol. The molecule has 6 heteroatoms. The van der Waals surface area contributed by atoms with Crippen LogP contribution in [0.5, 0.6) is 0 Å². The van der Waals surface area contributed by atoms with Crippen molar-refractivity contribution in [3.8, 4) is 0 Å². The van der Waals surface area contributed by atoms with E-state index < -0.39 is 0 Å². The van der Waals surface area contributed by atoms with E-state index in [1.54, 1.807) is 0 Å². The van der Waals surface area contributed by atoms with Gasteiger partial charge in [0.2, 0.25) is 11.8 Å². The van der Waals surface area contributed by atoms with Crippen LogP contribution in [0.25, 0.3) is 0 Å². The number of halogens is 1. The summed E-state index contributed by atoms with van der Waals surface area (Å²) >= 11 is 0. The van der Waals surface area contributed by atoms with Crippen LogP contribution in [0, 0.1) is 17.8 Å². The van der Waals surface area contributed by atoms with Crippen molar-refractivity contribution in [2.75, 3.05) is 32.7 Å². The topological polar surface area (TPSA) is 52.7 Å². The molecule has 2 heterocycles. The van der Waals surface area contributed by atoms with Crippen molar-refractivity contribution < 1.29 is 9.59 Å². The molecule has 26 heavy (non-hydrogen) atoms. The first-order valence-electron chi connectivity index (χ1n) is 10.4. The average Bonchev–Trinajstić information content (AvgIpc) is 3.49. The van der Waals surface area contributed by atoms with Crippen molar-refractivity contribution in [2.24, 2.45) is 17.8 Å². The molecule has 2 amide bonds.